The largest absolute Gasteiger partial charge is 0.273 e. The van der Waals surface area contributed by atoms with Crippen LogP contribution in [0.5, 0.6) is 0 Å². The van der Waals surface area contributed by atoms with E-state index in [9.17, 15) is 9.59 Å². The number of hydrogen-bond acceptors (Lipinski definition) is 3. The molecule has 144 valence electrons. The Morgan fingerprint density at radius 3 is 2.36 bits per heavy atom. The molecule has 2 amide bonds. The van der Waals surface area contributed by atoms with Crippen molar-refractivity contribution in [3.8, 4) is 0 Å². The van der Waals surface area contributed by atoms with E-state index in [2.05, 4.69) is 46.2 Å². The number of benzene rings is 1. The number of carbonyl (C=O) groups is 2. The lowest BCUT2D eigenvalue weighted by Crippen LogP contribution is -2.60. The number of amides is 2. The van der Waals surface area contributed by atoms with E-state index in [0.29, 0.717) is 17.4 Å². The summed E-state index contributed by atoms with van der Waals surface area (Å²) in [6.45, 7) is 0. The van der Waals surface area contributed by atoms with Crippen molar-refractivity contribution in [2.75, 3.05) is 0 Å². The highest BCUT2D eigenvalue weighted by molar-refractivity contribution is 5.95. The van der Waals surface area contributed by atoms with E-state index in [4.69, 9.17) is 0 Å². The van der Waals surface area contributed by atoms with Gasteiger partial charge in [-0.1, -0.05) is 30.3 Å². The second kappa shape index (κ2) is 6.43. The van der Waals surface area contributed by atoms with Gasteiger partial charge in [-0.15, -0.1) is 0 Å². The van der Waals surface area contributed by atoms with Crippen molar-refractivity contribution in [3.63, 3.8) is 0 Å². The minimum atomic E-state index is -0.373. The fourth-order valence-corrected chi connectivity index (χ4v) is 6.47. The van der Waals surface area contributed by atoms with Gasteiger partial charge in [-0.05, 0) is 73.5 Å². The van der Waals surface area contributed by atoms with Gasteiger partial charge in [0.25, 0.3) is 5.91 Å². The van der Waals surface area contributed by atoms with Gasteiger partial charge in [0.15, 0.2) is 0 Å². The molecule has 0 radical (unpaired) electrons. The van der Waals surface area contributed by atoms with Gasteiger partial charge in [0.05, 0.1) is 11.0 Å². The van der Waals surface area contributed by atoms with Crippen LogP contribution in [0.25, 0.3) is 0 Å². The van der Waals surface area contributed by atoms with Gasteiger partial charge in [0, 0.05) is 12.4 Å². The van der Waals surface area contributed by atoms with Crippen LogP contribution in [0.4, 0.5) is 0 Å². The van der Waals surface area contributed by atoms with Gasteiger partial charge in [0.2, 0.25) is 5.91 Å². The number of hydrogen-bond donors (Lipinski definition) is 2. The Kier molecular flexibility index (Phi) is 4.00. The molecular formula is C23H25N3O2. The van der Waals surface area contributed by atoms with Gasteiger partial charge in [-0.3, -0.25) is 25.4 Å². The standard InChI is InChI=1S/C23H25N3O2/c27-20(18-5-4-8-24-14-18)25-26-21(28)23-12-16-9-17(13-23)11-22(10-16,15-23)19-6-2-1-3-7-19/h1-8,14,16-17H,9-13,15H2,(H,25,27)(H,26,28)/t16-,17+,22?,23?. The van der Waals surface area contributed by atoms with Crippen molar-refractivity contribution in [3.05, 3.63) is 66.0 Å². The third-order valence-electron chi connectivity index (χ3n) is 7.14. The first kappa shape index (κ1) is 17.4. The molecule has 4 atom stereocenters. The van der Waals surface area contributed by atoms with E-state index in [1.54, 1.807) is 18.3 Å². The van der Waals surface area contributed by atoms with Crippen molar-refractivity contribution in [1.29, 1.82) is 0 Å². The highest BCUT2D eigenvalue weighted by Crippen LogP contribution is 2.65. The molecule has 1 aromatic carbocycles. The summed E-state index contributed by atoms with van der Waals surface area (Å²) in [5.41, 5.74) is 6.89. The molecule has 4 aliphatic rings. The number of rotatable bonds is 3. The van der Waals surface area contributed by atoms with Crippen LogP contribution in [-0.2, 0) is 10.2 Å². The molecule has 2 N–H and O–H groups in total. The average molecular weight is 375 g/mol. The molecule has 0 spiro atoms. The van der Waals surface area contributed by atoms with Crippen molar-refractivity contribution in [2.45, 2.75) is 43.9 Å². The second-order valence-electron chi connectivity index (χ2n) is 9.04. The zero-order valence-corrected chi connectivity index (χ0v) is 15.9. The molecule has 2 unspecified atom stereocenters. The van der Waals surface area contributed by atoms with Gasteiger partial charge in [0.1, 0.15) is 0 Å². The van der Waals surface area contributed by atoms with Crippen LogP contribution in [0.15, 0.2) is 54.9 Å². The molecule has 6 rings (SSSR count). The summed E-state index contributed by atoms with van der Waals surface area (Å²) in [5.74, 6) is 0.838. The summed E-state index contributed by atoms with van der Waals surface area (Å²) in [4.78, 5) is 29.5. The first-order valence-electron chi connectivity index (χ1n) is 10.2. The van der Waals surface area contributed by atoms with E-state index in [1.807, 2.05) is 0 Å². The fourth-order valence-electron chi connectivity index (χ4n) is 6.47. The molecule has 2 aromatic rings. The van der Waals surface area contributed by atoms with E-state index in [-0.39, 0.29) is 22.6 Å². The number of hydrazine groups is 1. The summed E-state index contributed by atoms with van der Waals surface area (Å²) in [5, 5.41) is 0. The van der Waals surface area contributed by atoms with Crippen LogP contribution in [0.3, 0.4) is 0 Å². The van der Waals surface area contributed by atoms with Crippen molar-refractivity contribution in [2.24, 2.45) is 17.3 Å². The Labute approximate surface area is 164 Å². The summed E-state index contributed by atoms with van der Waals surface area (Å²) in [7, 11) is 0. The maximum absolute atomic E-state index is 13.3. The molecule has 4 fully saturated rings. The van der Waals surface area contributed by atoms with Crippen LogP contribution in [0, 0.1) is 17.3 Å². The van der Waals surface area contributed by atoms with Crippen LogP contribution in [0.2, 0.25) is 0 Å². The highest BCUT2D eigenvalue weighted by atomic mass is 16.2. The first-order valence-corrected chi connectivity index (χ1v) is 10.2. The molecule has 0 saturated heterocycles. The van der Waals surface area contributed by atoms with Gasteiger partial charge in [-0.2, -0.15) is 0 Å². The molecule has 4 bridgehead atoms. The highest BCUT2D eigenvalue weighted by Gasteiger charge is 2.60. The molecule has 1 aromatic heterocycles. The lowest BCUT2D eigenvalue weighted by atomic mass is 9.42. The summed E-state index contributed by atoms with van der Waals surface area (Å²) in [6.07, 6.45) is 9.48. The molecule has 0 aliphatic heterocycles. The minimum Gasteiger partial charge on any atom is -0.273 e. The van der Waals surface area contributed by atoms with Crippen molar-refractivity contribution < 1.29 is 9.59 Å². The zero-order chi connectivity index (χ0) is 19.2. The third kappa shape index (κ3) is 2.81. The molecule has 5 heteroatoms. The summed E-state index contributed by atoms with van der Waals surface area (Å²) < 4.78 is 0. The monoisotopic (exact) mass is 375 g/mol. The number of nitrogens with zero attached hydrogens (tertiary/aromatic N) is 1. The Hall–Kier alpha value is -2.69. The van der Waals surface area contributed by atoms with Crippen LogP contribution < -0.4 is 10.9 Å². The Bertz CT molecular complexity index is 883. The average Bonchev–Trinajstić information content (AvgIpc) is 2.72. The predicted molar refractivity (Wildman–Crippen MR) is 105 cm³/mol. The summed E-state index contributed by atoms with van der Waals surface area (Å²) >= 11 is 0. The van der Waals surface area contributed by atoms with Gasteiger partial charge < -0.3 is 0 Å². The van der Waals surface area contributed by atoms with Crippen LogP contribution in [-0.4, -0.2) is 16.8 Å². The fraction of sp³-hybridized carbons (Fsp3) is 0.435. The Morgan fingerprint density at radius 1 is 0.929 bits per heavy atom. The molecule has 4 aliphatic carbocycles. The van der Waals surface area contributed by atoms with Gasteiger partial charge in [-0.25, -0.2) is 0 Å². The van der Waals surface area contributed by atoms with E-state index in [1.165, 1.54) is 31.0 Å². The third-order valence-corrected chi connectivity index (χ3v) is 7.14. The first-order chi connectivity index (χ1) is 13.6. The maximum atomic E-state index is 13.3. The van der Waals surface area contributed by atoms with Crippen molar-refractivity contribution in [1.82, 2.24) is 15.8 Å². The quantitative estimate of drug-likeness (QED) is 0.808. The van der Waals surface area contributed by atoms with Crippen LogP contribution >= 0.6 is 0 Å². The minimum absolute atomic E-state index is 0.0286. The number of pyridine rings is 1. The normalized spacial score (nSPS) is 32.7. The smallest absolute Gasteiger partial charge is 0.271 e. The lowest BCUT2D eigenvalue weighted by Gasteiger charge is -2.61. The van der Waals surface area contributed by atoms with E-state index in [0.717, 1.165) is 19.3 Å². The number of aromatic nitrogens is 1. The summed E-state index contributed by atoms with van der Waals surface area (Å²) in [6, 6.07) is 14.1. The van der Waals surface area contributed by atoms with Crippen LogP contribution in [0.1, 0.15) is 54.4 Å². The molecule has 4 saturated carbocycles. The SMILES string of the molecule is O=C(NNC(=O)C12C[C@H]3C[C@@H](C1)CC(c1ccccc1)(C3)C2)c1cccnc1. The molecule has 5 nitrogen and oxygen atoms in total. The number of carbonyl (C=O) groups excluding carboxylic acids is 2. The van der Waals surface area contributed by atoms with E-state index >= 15 is 0 Å². The molecule has 1 heterocycles. The molecule has 28 heavy (non-hydrogen) atoms. The lowest BCUT2D eigenvalue weighted by molar-refractivity contribution is -0.149. The van der Waals surface area contributed by atoms with Gasteiger partial charge >= 0.3 is 0 Å². The Morgan fingerprint density at radius 2 is 1.68 bits per heavy atom. The second-order valence-corrected chi connectivity index (χ2v) is 9.04. The molecular weight excluding hydrogens is 350 g/mol. The topological polar surface area (TPSA) is 71.1 Å². The maximum Gasteiger partial charge on any atom is 0.271 e. The number of nitrogens with one attached hydrogen (secondary N) is 2. The van der Waals surface area contributed by atoms with E-state index < -0.39 is 0 Å². The Balaban J connectivity index is 1.36. The zero-order valence-electron chi connectivity index (χ0n) is 15.9. The van der Waals surface area contributed by atoms with Crippen molar-refractivity contribution >= 4 is 11.8 Å². The predicted octanol–water partition coefficient (Wildman–Crippen LogP) is 3.38.